The van der Waals surface area contributed by atoms with Gasteiger partial charge in [-0.15, -0.1) is 0 Å². The normalized spacial score (nSPS) is 21.3. The van der Waals surface area contributed by atoms with Gasteiger partial charge in [-0.25, -0.2) is 0 Å². The second-order valence-electron chi connectivity index (χ2n) is 4.43. The SMILES string of the molecule is CCNCC(=O)N1CCCC1CN(C)C. The van der Waals surface area contributed by atoms with E-state index in [1.165, 1.54) is 0 Å². The Morgan fingerprint density at radius 1 is 1.53 bits per heavy atom. The molecular formula is C11H23N3O. The summed E-state index contributed by atoms with van der Waals surface area (Å²) >= 11 is 0. The predicted molar refractivity (Wildman–Crippen MR) is 61.8 cm³/mol. The molecule has 1 heterocycles. The Morgan fingerprint density at radius 2 is 2.27 bits per heavy atom. The summed E-state index contributed by atoms with van der Waals surface area (Å²) in [5.41, 5.74) is 0. The Hall–Kier alpha value is -0.610. The molecule has 1 aliphatic heterocycles. The van der Waals surface area contributed by atoms with Crippen molar-refractivity contribution in [3.63, 3.8) is 0 Å². The van der Waals surface area contributed by atoms with Crippen LogP contribution in [0.4, 0.5) is 0 Å². The molecule has 0 saturated carbocycles. The van der Waals surface area contributed by atoms with Crippen molar-refractivity contribution in [2.75, 3.05) is 40.3 Å². The maximum Gasteiger partial charge on any atom is 0.236 e. The van der Waals surface area contributed by atoms with Gasteiger partial charge in [-0.2, -0.15) is 0 Å². The molecule has 1 unspecified atom stereocenters. The van der Waals surface area contributed by atoms with Crippen LogP contribution in [0, 0.1) is 0 Å². The minimum atomic E-state index is 0.251. The lowest BCUT2D eigenvalue weighted by molar-refractivity contribution is -0.131. The fraction of sp³-hybridized carbons (Fsp3) is 0.909. The summed E-state index contributed by atoms with van der Waals surface area (Å²) in [6.07, 6.45) is 2.30. The van der Waals surface area contributed by atoms with Crippen LogP contribution in [0.3, 0.4) is 0 Å². The highest BCUT2D eigenvalue weighted by Crippen LogP contribution is 2.17. The van der Waals surface area contributed by atoms with Crippen LogP contribution >= 0.6 is 0 Å². The van der Waals surface area contributed by atoms with Crippen LogP contribution in [-0.2, 0) is 4.79 Å². The van der Waals surface area contributed by atoms with Gasteiger partial charge in [0.25, 0.3) is 0 Å². The van der Waals surface area contributed by atoms with Gasteiger partial charge >= 0.3 is 0 Å². The van der Waals surface area contributed by atoms with Crippen molar-refractivity contribution in [3.05, 3.63) is 0 Å². The molecule has 1 atom stereocenters. The van der Waals surface area contributed by atoms with E-state index in [-0.39, 0.29) is 5.91 Å². The summed E-state index contributed by atoms with van der Waals surface area (Å²) in [6, 6.07) is 0.422. The maximum atomic E-state index is 11.8. The number of likely N-dealkylation sites (tertiary alicyclic amines) is 1. The first kappa shape index (κ1) is 12.5. The average Bonchev–Trinajstić information content (AvgIpc) is 2.61. The summed E-state index contributed by atoms with van der Waals surface area (Å²) in [5, 5.41) is 3.09. The molecule has 1 aliphatic rings. The molecule has 0 radical (unpaired) electrons. The number of amides is 1. The fourth-order valence-corrected chi connectivity index (χ4v) is 2.11. The molecule has 1 fully saturated rings. The van der Waals surface area contributed by atoms with Gasteiger partial charge in [-0.3, -0.25) is 4.79 Å². The predicted octanol–water partition coefficient (Wildman–Crippen LogP) is 0.149. The number of carbonyl (C=O) groups excluding carboxylic acids is 1. The summed E-state index contributed by atoms with van der Waals surface area (Å²) < 4.78 is 0. The number of nitrogens with one attached hydrogen (secondary N) is 1. The number of hydrogen-bond donors (Lipinski definition) is 1. The van der Waals surface area contributed by atoms with Crippen molar-refractivity contribution in [1.82, 2.24) is 15.1 Å². The number of hydrogen-bond acceptors (Lipinski definition) is 3. The zero-order valence-electron chi connectivity index (χ0n) is 10.1. The topological polar surface area (TPSA) is 35.6 Å². The smallest absolute Gasteiger partial charge is 0.236 e. The molecule has 0 aromatic rings. The highest BCUT2D eigenvalue weighted by atomic mass is 16.2. The Morgan fingerprint density at radius 3 is 2.87 bits per heavy atom. The van der Waals surface area contributed by atoms with E-state index in [9.17, 15) is 4.79 Å². The zero-order valence-corrected chi connectivity index (χ0v) is 10.1. The first-order chi connectivity index (χ1) is 7.15. The van der Waals surface area contributed by atoms with Crippen molar-refractivity contribution < 1.29 is 4.79 Å². The van der Waals surface area contributed by atoms with E-state index >= 15 is 0 Å². The summed E-state index contributed by atoms with van der Waals surface area (Å²) in [6.45, 7) is 5.29. The number of nitrogens with zero attached hydrogens (tertiary/aromatic N) is 2. The summed E-state index contributed by atoms with van der Waals surface area (Å²) in [5.74, 6) is 0.251. The van der Waals surface area contributed by atoms with Crippen molar-refractivity contribution in [3.8, 4) is 0 Å². The largest absolute Gasteiger partial charge is 0.337 e. The molecule has 4 nitrogen and oxygen atoms in total. The second-order valence-corrected chi connectivity index (χ2v) is 4.43. The van der Waals surface area contributed by atoms with E-state index in [2.05, 4.69) is 24.3 Å². The molecule has 0 aromatic carbocycles. The maximum absolute atomic E-state index is 11.8. The molecule has 0 bridgehead atoms. The van der Waals surface area contributed by atoms with Crippen LogP contribution in [0.5, 0.6) is 0 Å². The molecule has 4 heteroatoms. The van der Waals surface area contributed by atoms with Gasteiger partial charge in [0.2, 0.25) is 5.91 Å². The average molecular weight is 213 g/mol. The minimum absolute atomic E-state index is 0.251. The van der Waals surface area contributed by atoms with Gasteiger partial charge in [0.05, 0.1) is 6.54 Å². The molecule has 0 spiro atoms. The zero-order chi connectivity index (χ0) is 11.3. The molecule has 88 valence electrons. The number of likely N-dealkylation sites (N-methyl/N-ethyl adjacent to an activating group) is 2. The van der Waals surface area contributed by atoms with Gasteiger partial charge in [0, 0.05) is 19.1 Å². The monoisotopic (exact) mass is 213 g/mol. The molecule has 0 aliphatic carbocycles. The van der Waals surface area contributed by atoms with Crippen molar-refractivity contribution in [2.24, 2.45) is 0 Å². The van der Waals surface area contributed by atoms with E-state index in [1.807, 2.05) is 11.8 Å². The molecule has 1 rings (SSSR count). The van der Waals surface area contributed by atoms with Crippen LogP contribution in [0.1, 0.15) is 19.8 Å². The number of carbonyl (C=O) groups is 1. The lowest BCUT2D eigenvalue weighted by Crippen LogP contribution is -2.44. The van der Waals surface area contributed by atoms with E-state index in [1.54, 1.807) is 0 Å². The van der Waals surface area contributed by atoms with Crippen LogP contribution in [0.15, 0.2) is 0 Å². The van der Waals surface area contributed by atoms with E-state index < -0.39 is 0 Å². The lowest BCUT2D eigenvalue weighted by Gasteiger charge is -2.27. The standard InChI is InChI=1S/C11H23N3O/c1-4-12-8-11(15)14-7-5-6-10(14)9-13(2)3/h10,12H,4-9H2,1-3H3. The van der Waals surface area contributed by atoms with Crippen LogP contribution < -0.4 is 5.32 Å². The molecule has 0 aromatic heterocycles. The highest BCUT2D eigenvalue weighted by molar-refractivity contribution is 5.78. The van der Waals surface area contributed by atoms with Crippen molar-refractivity contribution in [1.29, 1.82) is 0 Å². The Bertz CT molecular complexity index is 206. The molecule has 1 N–H and O–H groups in total. The van der Waals surface area contributed by atoms with E-state index in [4.69, 9.17) is 0 Å². The quantitative estimate of drug-likeness (QED) is 0.706. The molecule has 15 heavy (non-hydrogen) atoms. The van der Waals surface area contributed by atoms with Crippen LogP contribution in [0.2, 0.25) is 0 Å². The van der Waals surface area contributed by atoms with Crippen LogP contribution in [0.25, 0.3) is 0 Å². The second kappa shape index (κ2) is 6.08. The third-order valence-corrected chi connectivity index (χ3v) is 2.80. The van der Waals surface area contributed by atoms with Gasteiger partial charge in [-0.05, 0) is 33.5 Å². The molecule has 1 amide bonds. The third kappa shape index (κ3) is 3.80. The van der Waals surface area contributed by atoms with E-state index in [0.717, 1.165) is 32.5 Å². The van der Waals surface area contributed by atoms with Crippen molar-refractivity contribution in [2.45, 2.75) is 25.8 Å². The third-order valence-electron chi connectivity index (χ3n) is 2.80. The van der Waals surface area contributed by atoms with Gasteiger partial charge < -0.3 is 15.1 Å². The molecular weight excluding hydrogens is 190 g/mol. The summed E-state index contributed by atoms with van der Waals surface area (Å²) in [7, 11) is 4.12. The molecule has 1 saturated heterocycles. The van der Waals surface area contributed by atoms with E-state index in [0.29, 0.717) is 12.6 Å². The minimum Gasteiger partial charge on any atom is -0.337 e. The number of rotatable bonds is 5. The first-order valence-corrected chi connectivity index (χ1v) is 5.80. The summed E-state index contributed by atoms with van der Waals surface area (Å²) in [4.78, 5) is 16.0. The lowest BCUT2D eigenvalue weighted by atomic mass is 10.2. The van der Waals surface area contributed by atoms with Crippen LogP contribution in [-0.4, -0.2) is 62.0 Å². The van der Waals surface area contributed by atoms with Gasteiger partial charge in [-0.1, -0.05) is 6.92 Å². The Balaban J connectivity index is 2.41. The van der Waals surface area contributed by atoms with Gasteiger partial charge in [0.15, 0.2) is 0 Å². The Labute approximate surface area is 92.6 Å². The van der Waals surface area contributed by atoms with Crippen molar-refractivity contribution >= 4 is 5.91 Å². The first-order valence-electron chi connectivity index (χ1n) is 5.80. The highest BCUT2D eigenvalue weighted by Gasteiger charge is 2.28. The van der Waals surface area contributed by atoms with Gasteiger partial charge in [0.1, 0.15) is 0 Å². The Kier molecular flexibility index (Phi) is 5.05. The fourth-order valence-electron chi connectivity index (χ4n) is 2.11.